The predicted molar refractivity (Wildman–Crippen MR) is 92.2 cm³/mol. The molecule has 0 bridgehead atoms. The van der Waals surface area contributed by atoms with E-state index in [1.807, 2.05) is 0 Å². The number of methoxy groups -OCH3 is 2. The largest absolute Gasteiger partial charge is 0.497 e. The van der Waals surface area contributed by atoms with Gasteiger partial charge in [-0.2, -0.15) is 0 Å². The molecule has 1 N–H and O–H groups in total. The van der Waals surface area contributed by atoms with Gasteiger partial charge >= 0.3 is 0 Å². The zero-order valence-corrected chi connectivity index (χ0v) is 14.3. The second kappa shape index (κ2) is 6.22. The second-order valence-corrected chi connectivity index (χ2v) is 5.70. The number of hydrogen-bond donors (Lipinski definition) is 1. The molecule has 6 heteroatoms. The second-order valence-electron chi connectivity index (χ2n) is 5.70. The van der Waals surface area contributed by atoms with E-state index in [1.54, 1.807) is 37.3 Å². The summed E-state index contributed by atoms with van der Waals surface area (Å²) in [5.41, 5.74) is -1.33. The van der Waals surface area contributed by atoms with Crippen molar-refractivity contribution in [1.82, 2.24) is 0 Å². The van der Waals surface area contributed by atoms with Crippen molar-refractivity contribution in [3.05, 3.63) is 53.6 Å². The smallest absolute Gasteiger partial charge is 0.271 e. The molecule has 1 atom stereocenters. The number of hydrogen-bond acceptors (Lipinski definition) is 5. The number of rotatable bonds is 4. The minimum Gasteiger partial charge on any atom is -0.497 e. The molecule has 1 unspecified atom stereocenters. The number of anilines is 1. The van der Waals surface area contributed by atoms with Crippen molar-refractivity contribution in [3.8, 4) is 11.5 Å². The van der Waals surface area contributed by atoms with Crippen molar-refractivity contribution >= 4 is 17.4 Å². The lowest BCUT2D eigenvalue weighted by Crippen LogP contribution is -2.56. The van der Waals surface area contributed by atoms with Crippen LogP contribution in [-0.4, -0.2) is 37.6 Å². The summed E-state index contributed by atoms with van der Waals surface area (Å²) < 4.78 is 10.3. The van der Waals surface area contributed by atoms with Gasteiger partial charge in [-0.05, 0) is 31.2 Å². The van der Waals surface area contributed by atoms with Crippen LogP contribution in [0.4, 0.5) is 5.69 Å². The van der Waals surface area contributed by atoms with Crippen molar-refractivity contribution < 1.29 is 24.2 Å². The number of fused-ring (bicyclic) bond motifs is 1. The fraction of sp³-hybridized carbons (Fsp3) is 0.263. The molecular formula is C19H19NO5. The lowest BCUT2D eigenvalue weighted by Gasteiger charge is -2.38. The zero-order valence-electron chi connectivity index (χ0n) is 14.3. The molecule has 1 heterocycles. The van der Waals surface area contributed by atoms with Crippen LogP contribution in [0.25, 0.3) is 0 Å². The number of amides is 1. The van der Waals surface area contributed by atoms with Crippen LogP contribution in [0, 0.1) is 0 Å². The summed E-state index contributed by atoms with van der Waals surface area (Å²) in [6.45, 7) is 2.09. The van der Waals surface area contributed by atoms with Gasteiger partial charge < -0.3 is 19.5 Å². The van der Waals surface area contributed by atoms with Crippen LogP contribution < -0.4 is 14.4 Å². The van der Waals surface area contributed by atoms with Gasteiger partial charge in [0.2, 0.25) is 11.4 Å². The summed E-state index contributed by atoms with van der Waals surface area (Å²) in [6, 6.07) is 11.1. The van der Waals surface area contributed by atoms with E-state index in [1.165, 1.54) is 31.3 Å². The molecule has 1 aliphatic rings. The molecule has 0 radical (unpaired) electrons. The number of carbonyl (C=O) groups excluding carboxylic acids is 2. The highest BCUT2D eigenvalue weighted by atomic mass is 16.5. The van der Waals surface area contributed by atoms with E-state index in [2.05, 4.69) is 0 Å². The normalized spacial score (nSPS) is 19.6. The van der Waals surface area contributed by atoms with Crippen molar-refractivity contribution in [2.45, 2.75) is 12.5 Å². The fourth-order valence-corrected chi connectivity index (χ4v) is 3.05. The molecule has 1 aliphatic heterocycles. The topological polar surface area (TPSA) is 76.1 Å². The maximum absolute atomic E-state index is 13.0. The van der Waals surface area contributed by atoms with Crippen LogP contribution in [-0.2, 0) is 10.4 Å². The first-order valence-electron chi connectivity index (χ1n) is 7.89. The SMILES string of the molecule is CCN1C(=O)C(O)(c2ccc(OC)cc2)C(=O)c2ccc(OC)cc21. The lowest BCUT2D eigenvalue weighted by atomic mass is 9.80. The standard InChI is InChI=1S/C19H19NO5/c1-4-20-16-11-14(25-3)9-10-15(16)17(21)19(23,18(20)22)12-5-7-13(24-2)8-6-12/h5-11,23H,4H2,1-3H3. The zero-order chi connectivity index (χ0) is 18.2. The molecule has 0 fully saturated rings. The Hall–Kier alpha value is -2.86. The minimum absolute atomic E-state index is 0.211. The van der Waals surface area contributed by atoms with Crippen LogP contribution in [0.3, 0.4) is 0 Å². The minimum atomic E-state index is -2.26. The van der Waals surface area contributed by atoms with Crippen molar-refractivity contribution in [2.75, 3.05) is 25.7 Å². The van der Waals surface area contributed by atoms with Gasteiger partial charge in [-0.1, -0.05) is 12.1 Å². The van der Waals surface area contributed by atoms with Gasteiger partial charge in [0, 0.05) is 23.7 Å². The average Bonchev–Trinajstić information content (AvgIpc) is 2.66. The van der Waals surface area contributed by atoms with Crippen molar-refractivity contribution in [2.24, 2.45) is 0 Å². The fourth-order valence-electron chi connectivity index (χ4n) is 3.05. The van der Waals surface area contributed by atoms with E-state index in [9.17, 15) is 14.7 Å². The molecule has 2 aromatic rings. The average molecular weight is 341 g/mol. The summed E-state index contributed by atoms with van der Waals surface area (Å²) in [7, 11) is 3.03. The Morgan fingerprint density at radius 1 is 1.00 bits per heavy atom. The van der Waals surface area contributed by atoms with Crippen LogP contribution in [0.15, 0.2) is 42.5 Å². The molecule has 0 aromatic heterocycles. The highest BCUT2D eigenvalue weighted by Crippen LogP contribution is 2.40. The molecule has 0 saturated carbocycles. The molecule has 25 heavy (non-hydrogen) atoms. The van der Waals surface area contributed by atoms with Gasteiger partial charge in [0.15, 0.2) is 0 Å². The number of benzene rings is 2. The summed E-state index contributed by atoms with van der Waals surface area (Å²) in [5, 5.41) is 11.1. The van der Waals surface area contributed by atoms with Crippen LogP contribution in [0.1, 0.15) is 22.8 Å². The van der Waals surface area contributed by atoms with Crippen molar-refractivity contribution in [3.63, 3.8) is 0 Å². The first-order valence-corrected chi connectivity index (χ1v) is 7.89. The Balaban J connectivity index is 2.17. The van der Waals surface area contributed by atoms with Gasteiger partial charge in [0.05, 0.1) is 19.9 Å². The van der Waals surface area contributed by atoms with Gasteiger partial charge in [-0.3, -0.25) is 9.59 Å². The number of aliphatic hydroxyl groups is 1. The quantitative estimate of drug-likeness (QED) is 0.862. The van der Waals surface area contributed by atoms with E-state index in [-0.39, 0.29) is 11.1 Å². The van der Waals surface area contributed by atoms with Crippen LogP contribution >= 0.6 is 0 Å². The molecule has 0 saturated heterocycles. The maximum atomic E-state index is 13.0. The van der Waals surface area contributed by atoms with E-state index in [0.717, 1.165) is 0 Å². The first-order chi connectivity index (χ1) is 12.0. The Morgan fingerprint density at radius 3 is 2.16 bits per heavy atom. The molecule has 6 nitrogen and oxygen atoms in total. The highest BCUT2D eigenvalue weighted by molar-refractivity contribution is 6.27. The van der Waals surface area contributed by atoms with Gasteiger partial charge in [0.25, 0.3) is 5.91 Å². The first kappa shape index (κ1) is 17.0. The molecule has 0 spiro atoms. The lowest BCUT2D eigenvalue weighted by molar-refractivity contribution is -0.133. The summed E-state index contributed by atoms with van der Waals surface area (Å²) in [4.78, 5) is 27.4. The highest BCUT2D eigenvalue weighted by Gasteiger charge is 2.52. The van der Waals surface area contributed by atoms with Crippen molar-refractivity contribution in [1.29, 1.82) is 0 Å². The monoisotopic (exact) mass is 341 g/mol. The maximum Gasteiger partial charge on any atom is 0.271 e. The molecule has 2 aromatic carbocycles. The Kier molecular flexibility index (Phi) is 4.22. The third kappa shape index (κ3) is 2.46. The third-order valence-electron chi connectivity index (χ3n) is 4.45. The number of carbonyl (C=O) groups is 2. The summed E-state index contributed by atoms with van der Waals surface area (Å²) >= 11 is 0. The Labute approximate surface area is 145 Å². The van der Waals surface area contributed by atoms with E-state index >= 15 is 0 Å². The van der Waals surface area contributed by atoms with E-state index in [4.69, 9.17) is 9.47 Å². The number of Topliss-reactive ketones (excluding diaryl/α,β-unsaturated/α-hetero) is 1. The molecule has 0 aliphatic carbocycles. The summed E-state index contributed by atoms with van der Waals surface area (Å²) in [6.07, 6.45) is 0. The summed E-state index contributed by atoms with van der Waals surface area (Å²) in [5.74, 6) is -0.218. The van der Waals surface area contributed by atoms with Gasteiger partial charge in [-0.15, -0.1) is 0 Å². The van der Waals surface area contributed by atoms with Crippen LogP contribution in [0.2, 0.25) is 0 Å². The van der Waals surface area contributed by atoms with Crippen LogP contribution in [0.5, 0.6) is 11.5 Å². The molecule has 1 amide bonds. The number of likely N-dealkylation sites (N-methyl/N-ethyl adjacent to an activating group) is 1. The van der Waals surface area contributed by atoms with E-state index < -0.39 is 17.3 Å². The van der Waals surface area contributed by atoms with Gasteiger partial charge in [0.1, 0.15) is 11.5 Å². The van der Waals surface area contributed by atoms with Gasteiger partial charge in [-0.25, -0.2) is 0 Å². The molecule has 130 valence electrons. The predicted octanol–water partition coefficient (Wildman–Crippen LogP) is 2.14. The third-order valence-corrected chi connectivity index (χ3v) is 4.45. The number of ketones is 1. The Morgan fingerprint density at radius 2 is 1.60 bits per heavy atom. The number of nitrogens with zero attached hydrogens (tertiary/aromatic N) is 1. The molecule has 3 rings (SSSR count). The Bertz CT molecular complexity index is 830. The van der Waals surface area contributed by atoms with E-state index in [0.29, 0.717) is 23.7 Å². The molecular weight excluding hydrogens is 322 g/mol. The number of ether oxygens (including phenoxy) is 2.